The van der Waals surface area contributed by atoms with Gasteiger partial charge in [-0.1, -0.05) is 5.16 Å². The molecule has 2 aromatic rings. The van der Waals surface area contributed by atoms with Gasteiger partial charge in [0.15, 0.2) is 11.9 Å². The minimum Gasteiger partial charge on any atom is -0.356 e. The fourth-order valence-electron chi connectivity index (χ4n) is 1.24. The highest BCUT2D eigenvalue weighted by molar-refractivity contribution is 9.10. The maximum absolute atomic E-state index is 10.6. The predicted octanol–water partition coefficient (Wildman–Crippen LogP) is 2.71. The summed E-state index contributed by atoms with van der Waals surface area (Å²) in [4.78, 5) is 10.6. The van der Waals surface area contributed by atoms with E-state index in [0.717, 1.165) is 21.8 Å². The zero-order valence-electron chi connectivity index (χ0n) is 6.87. The largest absolute Gasteiger partial charge is 0.356 e. The molecule has 0 amide bonds. The van der Waals surface area contributed by atoms with Crippen LogP contribution in [-0.4, -0.2) is 11.4 Å². The molecule has 0 N–H and O–H groups in total. The van der Waals surface area contributed by atoms with Crippen LogP contribution in [0.15, 0.2) is 21.1 Å². The fraction of sp³-hybridized carbons (Fsp3) is 0.111. The second kappa shape index (κ2) is 2.96. The Balaban J connectivity index is 2.91. The number of aldehydes is 1. The molecule has 1 aromatic carbocycles. The van der Waals surface area contributed by atoms with Crippen LogP contribution in [0.25, 0.3) is 11.0 Å². The van der Waals surface area contributed by atoms with Gasteiger partial charge < -0.3 is 4.52 Å². The van der Waals surface area contributed by atoms with Gasteiger partial charge in [0, 0.05) is 10.0 Å². The number of fused-ring (bicyclic) bond motifs is 1. The number of halogens is 1. The topological polar surface area (TPSA) is 43.1 Å². The molecule has 0 unspecified atom stereocenters. The van der Waals surface area contributed by atoms with E-state index in [0.29, 0.717) is 11.1 Å². The molecule has 0 spiro atoms. The predicted molar refractivity (Wildman–Crippen MR) is 51.8 cm³/mol. The number of benzene rings is 1. The number of aromatic nitrogens is 1. The van der Waals surface area contributed by atoms with E-state index in [4.69, 9.17) is 4.52 Å². The minimum atomic E-state index is 0.610. The van der Waals surface area contributed by atoms with E-state index in [-0.39, 0.29) is 0 Å². The van der Waals surface area contributed by atoms with Gasteiger partial charge in [0.05, 0.1) is 11.1 Å². The smallest absolute Gasteiger partial charge is 0.168 e. The summed E-state index contributed by atoms with van der Waals surface area (Å²) in [7, 11) is 0. The molecule has 0 bridgehead atoms. The van der Waals surface area contributed by atoms with Crippen LogP contribution in [0, 0.1) is 6.92 Å². The van der Waals surface area contributed by atoms with E-state index < -0.39 is 0 Å². The molecule has 4 heteroatoms. The molecule has 1 heterocycles. The second-order valence-corrected chi connectivity index (χ2v) is 3.52. The van der Waals surface area contributed by atoms with Crippen molar-refractivity contribution in [1.82, 2.24) is 5.16 Å². The summed E-state index contributed by atoms with van der Waals surface area (Å²) in [5, 5.41) is 4.68. The standard InChI is InChI=1S/C9H6BrNO2/c1-5-8-7(13-11-5)3-2-6(4-12)9(8)10/h2-4H,1H3. The number of nitrogens with zero attached hydrogens (tertiary/aromatic N) is 1. The lowest BCUT2D eigenvalue weighted by Gasteiger charge is -1.96. The first-order valence-electron chi connectivity index (χ1n) is 3.73. The first-order valence-corrected chi connectivity index (χ1v) is 4.53. The van der Waals surface area contributed by atoms with E-state index in [9.17, 15) is 4.79 Å². The van der Waals surface area contributed by atoms with Crippen molar-refractivity contribution in [2.24, 2.45) is 0 Å². The van der Waals surface area contributed by atoms with Gasteiger partial charge in [0.1, 0.15) is 0 Å². The van der Waals surface area contributed by atoms with E-state index in [1.165, 1.54) is 0 Å². The van der Waals surface area contributed by atoms with Gasteiger partial charge in [0.25, 0.3) is 0 Å². The average Bonchev–Trinajstić information content (AvgIpc) is 2.49. The second-order valence-electron chi connectivity index (χ2n) is 2.73. The molecular weight excluding hydrogens is 234 g/mol. The normalized spacial score (nSPS) is 10.6. The summed E-state index contributed by atoms with van der Waals surface area (Å²) < 4.78 is 5.78. The number of carbonyl (C=O) groups excluding carboxylic acids is 1. The molecular formula is C9H6BrNO2. The van der Waals surface area contributed by atoms with Crippen LogP contribution in [-0.2, 0) is 0 Å². The highest BCUT2D eigenvalue weighted by atomic mass is 79.9. The Morgan fingerprint density at radius 3 is 3.00 bits per heavy atom. The highest BCUT2D eigenvalue weighted by Gasteiger charge is 2.10. The Labute approximate surface area is 82.8 Å². The lowest BCUT2D eigenvalue weighted by atomic mass is 10.1. The molecule has 1 aromatic heterocycles. The van der Waals surface area contributed by atoms with Crippen LogP contribution in [0.3, 0.4) is 0 Å². The van der Waals surface area contributed by atoms with Crippen molar-refractivity contribution in [3.05, 3.63) is 27.9 Å². The third-order valence-electron chi connectivity index (χ3n) is 1.90. The average molecular weight is 240 g/mol. The molecule has 13 heavy (non-hydrogen) atoms. The molecule has 0 saturated carbocycles. The van der Waals surface area contributed by atoms with Crippen molar-refractivity contribution in [3.8, 4) is 0 Å². The number of hydrogen-bond acceptors (Lipinski definition) is 3. The highest BCUT2D eigenvalue weighted by Crippen LogP contribution is 2.29. The first-order chi connectivity index (χ1) is 6.24. The third-order valence-corrected chi connectivity index (χ3v) is 2.76. The van der Waals surface area contributed by atoms with Gasteiger partial charge in [-0.2, -0.15) is 0 Å². The maximum Gasteiger partial charge on any atom is 0.168 e. The number of aryl methyl sites for hydroxylation is 1. The molecule has 0 radical (unpaired) electrons. The quantitative estimate of drug-likeness (QED) is 0.719. The van der Waals surface area contributed by atoms with Crippen LogP contribution < -0.4 is 0 Å². The van der Waals surface area contributed by atoms with Crippen LogP contribution >= 0.6 is 15.9 Å². The van der Waals surface area contributed by atoms with Gasteiger partial charge in [0.2, 0.25) is 0 Å². The Hall–Kier alpha value is -1.16. The van der Waals surface area contributed by atoms with Crippen molar-refractivity contribution >= 4 is 33.2 Å². The van der Waals surface area contributed by atoms with Crippen LogP contribution in [0.4, 0.5) is 0 Å². The van der Waals surface area contributed by atoms with Gasteiger partial charge in [-0.3, -0.25) is 4.79 Å². The molecule has 0 saturated heterocycles. The van der Waals surface area contributed by atoms with Crippen LogP contribution in [0.5, 0.6) is 0 Å². The summed E-state index contributed by atoms with van der Waals surface area (Å²) in [6.45, 7) is 1.84. The summed E-state index contributed by atoms with van der Waals surface area (Å²) in [6.07, 6.45) is 0.802. The van der Waals surface area contributed by atoms with Crippen molar-refractivity contribution in [2.45, 2.75) is 6.92 Å². The van der Waals surface area contributed by atoms with Crippen LogP contribution in [0.2, 0.25) is 0 Å². The number of hydrogen-bond donors (Lipinski definition) is 0. The third kappa shape index (κ3) is 1.18. The molecule has 0 aliphatic heterocycles. The minimum absolute atomic E-state index is 0.610. The zero-order valence-corrected chi connectivity index (χ0v) is 8.46. The Morgan fingerprint density at radius 2 is 2.31 bits per heavy atom. The van der Waals surface area contributed by atoms with Gasteiger partial charge >= 0.3 is 0 Å². The van der Waals surface area contributed by atoms with Crippen molar-refractivity contribution in [2.75, 3.05) is 0 Å². The van der Waals surface area contributed by atoms with E-state index in [1.54, 1.807) is 12.1 Å². The summed E-state index contributed by atoms with van der Waals surface area (Å²) in [5.74, 6) is 0. The molecule has 0 aliphatic rings. The Bertz CT molecular complexity index is 476. The lowest BCUT2D eigenvalue weighted by Crippen LogP contribution is -1.83. The zero-order chi connectivity index (χ0) is 9.42. The van der Waals surface area contributed by atoms with E-state index in [1.807, 2.05) is 6.92 Å². The molecule has 0 fully saturated rings. The van der Waals surface area contributed by atoms with E-state index >= 15 is 0 Å². The summed E-state index contributed by atoms with van der Waals surface area (Å²) >= 11 is 3.34. The van der Waals surface area contributed by atoms with Gasteiger partial charge in [-0.05, 0) is 35.0 Å². The van der Waals surface area contributed by atoms with Crippen LogP contribution in [0.1, 0.15) is 16.1 Å². The molecule has 2 rings (SSSR count). The maximum atomic E-state index is 10.6. The molecule has 3 nitrogen and oxygen atoms in total. The lowest BCUT2D eigenvalue weighted by molar-refractivity contribution is 0.112. The molecule has 0 atom stereocenters. The van der Waals surface area contributed by atoms with Gasteiger partial charge in [-0.15, -0.1) is 0 Å². The SMILES string of the molecule is Cc1noc2ccc(C=O)c(Br)c12. The monoisotopic (exact) mass is 239 g/mol. The summed E-state index contributed by atoms with van der Waals surface area (Å²) in [6, 6.07) is 3.44. The van der Waals surface area contributed by atoms with Gasteiger partial charge in [-0.25, -0.2) is 0 Å². The Kier molecular flexibility index (Phi) is 1.92. The number of rotatable bonds is 1. The molecule has 0 aliphatic carbocycles. The number of carbonyl (C=O) groups is 1. The first kappa shape index (κ1) is 8.44. The van der Waals surface area contributed by atoms with Crippen molar-refractivity contribution in [3.63, 3.8) is 0 Å². The van der Waals surface area contributed by atoms with Crippen molar-refractivity contribution in [1.29, 1.82) is 0 Å². The van der Waals surface area contributed by atoms with E-state index in [2.05, 4.69) is 21.1 Å². The summed E-state index contributed by atoms with van der Waals surface area (Å²) in [5.41, 5.74) is 2.08. The fourth-order valence-corrected chi connectivity index (χ4v) is 1.95. The Morgan fingerprint density at radius 1 is 1.54 bits per heavy atom. The molecule has 66 valence electrons. The van der Waals surface area contributed by atoms with Crippen molar-refractivity contribution < 1.29 is 9.32 Å².